The normalized spacial score (nSPS) is 11.3. The van der Waals surface area contributed by atoms with Crippen LogP contribution in [0.4, 0.5) is 10.1 Å². The van der Waals surface area contributed by atoms with Crippen molar-refractivity contribution in [1.82, 2.24) is 0 Å². The SMILES string of the molecule is O=[N+]([O-])c1cccc(S(=O)(=O)O)c1CF. The molecule has 6 nitrogen and oxygen atoms in total. The minimum absolute atomic E-state index is 0.648. The highest BCUT2D eigenvalue weighted by molar-refractivity contribution is 7.85. The third-order valence-corrected chi connectivity index (χ3v) is 2.65. The molecule has 0 saturated heterocycles. The quantitative estimate of drug-likeness (QED) is 0.484. The molecular formula is C7H6FNO5S. The van der Waals surface area contributed by atoms with E-state index in [9.17, 15) is 22.9 Å². The van der Waals surface area contributed by atoms with Gasteiger partial charge in [-0.2, -0.15) is 8.42 Å². The van der Waals surface area contributed by atoms with Gasteiger partial charge >= 0.3 is 0 Å². The molecule has 1 aromatic carbocycles. The van der Waals surface area contributed by atoms with Gasteiger partial charge in [0.05, 0.1) is 10.5 Å². The molecule has 0 spiro atoms. The summed E-state index contributed by atoms with van der Waals surface area (Å²) in [4.78, 5) is 8.73. The van der Waals surface area contributed by atoms with E-state index in [-0.39, 0.29) is 0 Å². The summed E-state index contributed by atoms with van der Waals surface area (Å²) in [5, 5.41) is 10.4. The molecule has 15 heavy (non-hydrogen) atoms. The highest BCUT2D eigenvalue weighted by atomic mass is 32.2. The van der Waals surface area contributed by atoms with Crippen LogP contribution in [0.5, 0.6) is 0 Å². The van der Waals surface area contributed by atoms with Crippen LogP contribution in [0.3, 0.4) is 0 Å². The van der Waals surface area contributed by atoms with Crippen molar-refractivity contribution in [1.29, 1.82) is 0 Å². The standard InChI is InChI=1S/C7H6FNO5S/c8-4-5-6(9(10)11)2-1-3-7(5)15(12,13)14/h1-3H,4H2,(H,12,13,14). The molecule has 82 valence electrons. The Labute approximate surface area is 84.2 Å². The molecule has 0 radical (unpaired) electrons. The third-order valence-electron chi connectivity index (χ3n) is 1.72. The van der Waals surface area contributed by atoms with Crippen LogP contribution in [0.1, 0.15) is 5.56 Å². The maximum Gasteiger partial charge on any atom is 0.295 e. The molecule has 1 N–H and O–H groups in total. The van der Waals surface area contributed by atoms with Gasteiger partial charge in [0.1, 0.15) is 11.6 Å². The molecule has 0 bridgehead atoms. The lowest BCUT2D eigenvalue weighted by Crippen LogP contribution is -2.05. The van der Waals surface area contributed by atoms with Crippen LogP contribution in [-0.4, -0.2) is 17.9 Å². The smallest absolute Gasteiger partial charge is 0.282 e. The van der Waals surface area contributed by atoms with Gasteiger partial charge in [-0.15, -0.1) is 0 Å². The van der Waals surface area contributed by atoms with E-state index in [0.717, 1.165) is 18.2 Å². The Morgan fingerprint density at radius 1 is 1.47 bits per heavy atom. The Bertz CT molecular complexity index is 498. The zero-order chi connectivity index (χ0) is 11.6. The predicted octanol–water partition coefficient (Wildman–Crippen LogP) is 1.31. The summed E-state index contributed by atoms with van der Waals surface area (Å²) in [6.45, 7) is -1.34. The van der Waals surface area contributed by atoms with Gasteiger partial charge in [0.2, 0.25) is 0 Å². The molecule has 0 unspecified atom stereocenters. The number of alkyl halides is 1. The van der Waals surface area contributed by atoms with Gasteiger partial charge in [-0.1, -0.05) is 6.07 Å². The first-order chi connectivity index (χ1) is 6.88. The van der Waals surface area contributed by atoms with Crippen molar-refractivity contribution in [3.8, 4) is 0 Å². The fraction of sp³-hybridized carbons (Fsp3) is 0.143. The van der Waals surface area contributed by atoms with E-state index < -0.39 is 37.9 Å². The topological polar surface area (TPSA) is 97.5 Å². The lowest BCUT2D eigenvalue weighted by atomic mass is 10.2. The third kappa shape index (κ3) is 2.28. The number of halogens is 1. The molecule has 0 amide bonds. The van der Waals surface area contributed by atoms with Gasteiger partial charge < -0.3 is 0 Å². The van der Waals surface area contributed by atoms with Gasteiger partial charge in [0.15, 0.2) is 0 Å². The van der Waals surface area contributed by atoms with Gasteiger partial charge in [0, 0.05) is 6.07 Å². The van der Waals surface area contributed by atoms with Crippen LogP contribution in [-0.2, 0) is 16.8 Å². The van der Waals surface area contributed by atoms with Crippen molar-refractivity contribution in [2.24, 2.45) is 0 Å². The second-order valence-corrected chi connectivity index (χ2v) is 4.01. The van der Waals surface area contributed by atoms with Crippen molar-refractivity contribution in [2.75, 3.05) is 0 Å². The number of nitro benzene ring substituents is 1. The van der Waals surface area contributed by atoms with E-state index in [0.29, 0.717) is 0 Å². The highest BCUT2D eigenvalue weighted by Gasteiger charge is 2.23. The average Bonchev–Trinajstić information content (AvgIpc) is 2.15. The Kier molecular flexibility index (Phi) is 3.01. The van der Waals surface area contributed by atoms with Crippen LogP contribution in [0, 0.1) is 10.1 Å². The largest absolute Gasteiger partial charge is 0.295 e. The maximum atomic E-state index is 12.5. The maximum absolute atomic E-state index is 12.5. The van der Waals surface area contributed by atoms with E-state index in [4.69, 9.17) is 4.55 Å². The molecule has 0 atom stereocenters. The Hall–Kier alpha value is -1.54. The molecule has 0 fully saturated rings. The molecule has 0 aromatic heterocycles. The second-order valence-electron chi connectivity index (χ2n) is 2.62. The van der Waals surface area contributed by atoms with Gasteiger partial charge in [-0.05, 0) is 6.07 Å². The first-order valence-corrected chi connectivity index (χ1v) is 5.11. The second kappa shape index (κ2) is 3.91. The Morgan fingerprint density at radius 3 is 2.47 bits per heavy atom. The predicted molar refractivity (Wildman–Crippen MR) is 47.7 cm³/mol. The molecule has 1 aromatic rings. The number of nitrogens with zero attached hydrogens (tertiary/aromatic N) is 1. The van der Waals surface area contributed by atoms with Crippen LogP contribution < -0.4 is 0 Å². The van der Waals surface area contributed by atoms with Crippen LogP contribution >= 0.6 is 0 Å². The van der Waals surface area contributed by atoms with E-state index in [1.165, 1.54) is 0 Å². The number of nitro groups is 1. The summed E-state index contributed by atoms with van der Waals surface area (Å²) in [5.74, 6) is 0. The van der Waals surface area contributed by atoms with E-state index in [1.807, 2.05) is 0 Å². The summed E-state index contributed by atoms with van der Waals surface area (Å²) in [6.07, 6.45) is 0. The monoisotopic (exact) mass is 235 g/mol. The lowest BCUT2D eigenvalue weighted by Gasteiger charge is -2.03. The van der Waals surface area contributed by atoms with Crippen molar-refractivity contribution in [3.63, 3.8) is 0 Å². The van der Waals surface area contributed by atoms with Crippen LogP contribution in [0.25, 0.3) is 0 Å². The number of benzene rings is 1. The first-order valence-electron chi connectivity index (χ1n) is 3.67. The van der Waals surface area contributed by atoms with Crippen LogP contribution in [0.2, 0.25) is 0 Å². The molecule has 1 rings (SSSR count). The van der Waals surface area contributed by atoms with E-state index in [2.05, 4.69) is 0 Å². The Morgan fingerprint density at radius 2 is 2.07 bits per heavy atom. The van der Waals surface area contributed by atoms with Crippen molar-refractivity contribution in [2.45, 2.75) is 11.6 Å². The lowest BCUT2D eigenvalue weighted by molar-refractivity contribution is -0.386. The fourth-order valence-corrected chi connectivity index (χ4v) is 1.82. The summed E-state index contributed by atoms with van der Waals surface area (Å²) in [7, 11) is -4.65. The summed E-state index contributed by atoms with van der Waals surface area (Å²) in [6, 6.07) is 2.92. The first kappa shape index (κ1) is 11.5. The highest BCUT2D eigenvalue weighted by Crippen LogP contribution is 2.26. The minimum Gasteiger partial charge on any atom is -0.282 e. The van der Waals surface area contributed by atoms with Crippen molar-refractivity contribution in [3.05, 3.63) is 33.9 Å². The molecular weight excluding hydrogens is 229 g/mol. The Balaban J connectivity index is 3.56. The molecule has 0 aliphatic carbocycles. The number of hydrogen-bond donors (Lipinski definition) is 1. The van der Waals surface area contributed by atoms with Gasteiger partial charge in [-0.3, -0.25) is 14.7 Å². The van der Waals surface area contributed by atoms with Gasteiger partial charge in [-0.25, -0.2) is 4.39 Å². The minimum atomic E-state index is -4.65. The number of hydrogen-bond acceptors (Lipinski definition) is 4. The van der Waals surface area contributed by atoms with Crippen molar-refractivity contribution >= 4 is 15.8 Å². The average molecular weight is 235 g/mol. The van der Waals surface area contributed by atoms with Gasteiger partial charge in [0.25, 0.3) is 15.8 Å². The molecule has 0 saturated carbocycles. The number of rotatable bonds is 3. The van der Waals surface area contributed by atoms with Crippen LogP contribution in [0.15, 0.2) is 23.1 Å². The molecule has 0 aliphatic rings. The molecule has 0 heterocycles. The summed E-state index contributed by atoms with van der Waals surface area (Å²) in [5.41, 5.74) is -1.32. The zero-order valence-corrected chi connectivity index (χ0v) is 8.07. The molecule has 0 aliphatic heterocycles. The van der Waals surface area contributed by atoms with E-state index >= 15 is 0 Å². The summed E-state index contributed by atoms with van der Waals surface area (Å²) >= 11 is 0. The van der Waals surface area contributed by atoms with Crippen molar-refractivity contribution < 1.29 is 22.3 Å². The fourth-order valence-electron chi connectivity index (χ4n) is 1.10. The zero-order valence-electron chi connectivity index (χ0n) is 7.25. The summed E-state index contributed by atoms with van der Waals surface area (Å²) < 4.78 is 42.7. The molecule has 8 heteroatoms. The van der Waals surface area contributed by atoms with E-state index in [1.54, 1.807) is 0 Å².